The number of nitrogens with zero attached hydrogens (tertiary/aromatic N) is 5. The van der Waals surface area contributed by atoms with Crippen molar-refractivity contribution in [3.63, 3.8) is 0 Å². The summed E-state index contributed by atoms with van der Waals surface area (Å²) in [7, 11) is 0. The van der Waals surface area contributed by atoms with Gasteiger partial charge in [0.2, 0.25) is 5.91 Å². The second-order valence-electron chi connectivity index (χ2n) is 9.61. The Morgan fingerprint density at radius 1 is 1.08 bits per heavy atom. The number of aromatic nitrogens is 4. The summed E-state index contributed by atoms with van der Waals surface area (Å²) in [5.74, 6) is 1.92. The Hall–Kier alpha value is -4.27. The van der Waals surface area contributed by atoms with Crippen LogP contribution < -0.4 is 11.1 Å². The fraction of sp³-hybridized carbons (Fsp3) is 0.296. The maximum absolute atomic E-state index is 12.7. The van der Waals surface area contributed by atoms with Crippen molar-refractivity contribution in [2.24, 2.45) is 0 Å². The van der Waals surface area contributed by atoms with Crippen LogP contribution in [0, 0.1) is 6.92 Å². The van der Waals surface area contributed by atoms with Gasteiger partial charge in [-0.05, 0) is 56.0 Å². The molecule has 0 spiro atoms. The second kappa shape index (κ2) is 8.75. The van der Waals surface area contributed by atoms with Gasteiger partial charge in [0.25, 0.3) is 5.91 Å². The highest BCUT2D eigenvalue weighted by atomic mass is 16.2. The molecular formula is C27H27N7O2. The molecule has 9 nitrogen and oxygen atoms in total. The molecule has 4 aromatic rings. The Kier molecular flexibility index (Phi) is 5.40. The largest absolute Gasteiger partial charge is 0.382 e. The van der Waals surface area contributed by atoms with E-state index in [0.717, 1.165) is 47.4 Å². The summed E-state index contributed by atoms with van der Waals surface area (Å²) in [6.45, 7) is 2.63. The van der Waals surface area contributed by atoms with Crippen LogP contribution >= 0.6 is 0 Å². The minimum atomic E-state index is -0.233. The van der Waals surface area contributed by atoms with Crippen molar-refractivity contribution in [2.75, 3.05) is 17.6 Å². The normalized spacial score (nSPS) is 19.5. The fourth-order valence-corrected chi connectivity index (χ4v) is 5.43. The van der Waals surface area contributed by atoms with Gasteiger partial charge in [0.15, 0.2) is 0 Å². The number of amides is 2. The van der Waals surface area contributed by atoms with Crippen molar-refractivity contribution in [2.45, 2.75) is 44.6 Å². The lowest BCUT2D eigenvalue weighted by molar-refractivity contribution is -0.130. The Balaban J connectivity index is 1.31. The Morgan fingerprint density at radius 3 is 2.72 bits per heavy atom. The van der Waals surface area contributed by atoms with Crippen LogP contribution in [0.25, 0.3) is 16.8 Å². The first-order valence-corrected chi connectivity index (χ1v) is 12.2. The topological polar surface area (TPSA) is 119 Å². The number of nitrogen functional groups attached to an aromatic ring is 1. The number of nitrogens with one attached hydrogen (secondary N) is 1. The van der Waals surface area contributed by atoms with Crippen molar-refractivity contribution in [3.8, 4) is 11.3 Å². The van der Waals surface area contributed by atoms with Crippen LogP contribution in [-0.4, -0.2) is 48.7 Å². The number of imidazole rings is 1. The molecule has 9 heteroatoms. The van der Waals surface area contributed by atoms with E-state index < -0.39 is 0 Å². The number of pyridine rings is 1. The number of carbonyl (C=O) groups is 2. The molecule has 3 N–H and O–H groups in total. The van der Waals surface area contributed by atoms with Gasteiger partial charge < -0.3 is 16.0 Å². The molecule has 0 unspecified atom stereocenters. The van der Waals surface area contributed by atoms with Crippen molar-refractivity contribution in [3.05, 3.63) is 71.9 Å². The molecule has 3 aromatic heterocycles. The van der Waals surface area contributed by atoms with E-state index in [1.54, 1.807) is 24.5 Å². The number of fused-ring (bicyclic) bond motifs is 2. The first kappa shape index (κ1) is 22.2. The monoisotopic (exact) mass is 481 g/mol. The molecular weight excluding hydrogens is 454 g/mol. The van der Waals surface area contributed by atoms with E-state index in [1.165, 1.54) is 0 Å². The summed E-state index contributed by atoms with van der Waals surface area (Å²) in [5, 5.41) is 2.83. The molecule has 2 aliphatic heterocycles. The van der Waals surface area contributed by atoms with E-state index in [9.17, 15) is 9.59 Å². The van der Waals surface area contributed by atoms with Crippen LogP contribution in [0.4, 0.5) is 11.6 Å². The van der Waals surface area contributed by atoms with Gasteiger partial charge in [0.05, 0.1) is 0 Å². The molecule has 0 bridgehead atoms. The maximum atomic E-state index is 12.7. The number of anilines is 2. The number of nitrogens with two attached hydrogens (primary N) is 1. The molecule has 182 valence electrons. The minimum Gasteiger partial charge on any atom is -0.382 e. The quantitative estimate of drug-likeness (QED) is 0.458. The number of piperidine rings is 1. The molecule has 2 saturated heterocycles. The number of aryl methyl sites for hydroxylation is 1. The molecule has 2 aliphatic rings. The fourth-order valence-electron chi connectivity index (χ4n) is 5.43. The van der Waals surface area contributed by atoms with Gasteiger partial charge in [-0.1, -0.05) is 12.1 Å². The second-order valence-corrected chi connectivity index (χ2v) is 9.61. The summed E-state index contributed by atoms with van der Waals surface area (Å²) in [6, 6.07) is 11.3. The van der Waals surface area contributed by atoms with Crippen molar-refractivity contribution in [1.82, 2.24) is 24.3 Å². The highest BCUT2D eigenvalue weighted by Gasteiger charge is 2.38. The SMILES string of the molecule is Cc1ccnc(NC(=O)c2ccc(-c3nc([C@H]4CC[C@H]5CCC(=O)N5C4)n4ccnc(N)c34)cc2)c1. The van der Waals surface area contributed by atoms with E-state index in [-0.39, 0.29) is 17.7 Å². The molecule has 2 fully saturated rings. The van der Waals surface area contributed by atoms with Crippen molar-refractivity contribution in [1.29, 1.82) is 0 Å². The molecule has 5 heterocycles. The van der Waals surface area contributed by atoms with Gasteiger partial charge in [-0.3, -0.25) is 14.0 Å². The third-order valence-electron chi connectivity index (χ3n) is 7.27. The molecule has 2 atom stereocenters. The third-order valence-corrected chi connectivity index (χ3v) is 7.27. The van der Waals surface area contributed by atoms with Crippen molar-refractivity contribution >= 4 is 29.0 Å². The molecule has 0 saturated carbocycles. The van der Waals surface area contributed by atoms with Crippen molar-refractivity contribution < 1.29 is 9.59 Å². The molecule has 0 radical (unpaired) electrons. The van der Waals surface area contributed by atoms with Crippen LogP contribution in [0.5, 0.6) is 0 Å². The molecule has 0 aliphatic carbocycles. The zero-order valence-electron chi connectivity index (χ0n) is 20.0. The lowest BCUT2D eigenvalue weighted by Crippen LogP contribution is -2.41. The number of carbonyl (C=O) groups excluding carboxylic acids is 2. The van der Waals surface area contributed by atoms with E-state index in [2.05, 4.69) is 15.3 Å². The van der Waals surface area contributed by atoms with Gasteiger partial charge in [-0.25, -0.2) is 15.0 Å². The van der Waals surface area contributed by atoms with Crippen LogP contribution in [0.2, 0.25) is 0 Å². The summed E-state index contributed by atoms with van der Waals surface area (Å²) in [6.07, 6.45) is 8.78. The first-order chi connectivity index (χ1) is 17.5. The predicted molar refractivity (Wildman–Crippen MR) is 136 cm³/mol. The van der Waals surface area contributed by atoms with Crippen LogP contribution in [0.15, 0.2) is 55.0 Å². The predicted octanol–water partition coefficient (Wildman–Crippen LogP) is 3.80. The molecule has 2 amide bonds. The summed E-state index contributed by atoms with van der Waals surface area (Å²) >= 11 is 0. The average Bonchev–Trinajstić information content (AvgIpc) is 3.45. The first-order valence-electron chi connectivity index (χ1n) is 12.2. The Morgan fingerprint density at radius 2 is 1.92 bits per heavy atom. The number of hydrogen-bond donors (Lipinski definition) is 2. The number of rotatable bonds is 4. The zero-order valence-corrected chi connectivity index (χ0v) is 20.0. The Bertz CT molecular complexity index is 1480. The minimum absolute atomic E-state index is 0.123. The summed E-state index contributed by atoms with van der Waals surface area (Å²) in [5.41, 5.74) is 10.2. The standard InChI is InChI=1S/C27H27N7O2/c1-16-10-11-29-21(14-16)31-27(36)18-4-2-17(3-5-18)23-24-25(28)30-12-13-33(24)26(32-23)19-6-7-20-8-9-22(35)34(20)15-19/h2-5,10-14,19-20H,6-9,15H2,1H3,(H2,28,30)(H,29,31,36)/t19-,20-/m0/s1. The third kappa shape index (κ3) is 3.86. The van der Waals surface area contributed by atoms with Gasteiger partial charge in [-0.2, -0.15) is 0 Å². The zero-order chi connectivity index (χ0) is 24.8. The van der Waals surface area contributed by atoms with Crippen LogP contribution in [0.3, 0.4) is 0 Å². The Labute approximate surface area is 208 Å². The molecule has 6 rings (SSSR count). The highest BCUT2D eigenvalue weighted by Crippen LogP contribution is 2.38. The van der Waals surface area contributed by atoms with Crippen LogP contribution in [-0.2, 0) is 4.79 Å². The number of benzene rings is 1. The smallest absolute Gasteiger partial charge is 0.256 e. The van der Waals surface area contributed by atoms with Crippen LogP contribution in [0.1, 0.15) is 53.3 Å². The van der Waals surface area contributed by atoms with Gasteiger partial charge in [0, 0.05) is 54.6 Å². The lowest BCUT2D eigenvalue weighted by Gasteiger charge is -2.34. The average molecular weight is 482 g/mol. The maximum Gasteiger partial charge on any atom is 0.256 e. The lowest BCUT2D eigenvalue weighted by atomic mass is 9.92. The number of hydrogen-bond acceptors (Lipinski definition) is 6. The highest BCUT2D eigenvalue weighted by molar-refractivity contribution is 6.04. The molecule has 36 heavy (non-hydrogen) atoms. The van der Waals surface area contributed by atoms with Gasteiger partial charge in [-0.15, -0.1) is 0 Å². The van der Waals surface area contributed by atoms with Gasteiger partial charge >= 0.3 is 0 Å². The van der Waals surface area contributed by atoms with E-state index in [4.69, 9.17) is 10.7 Å². The summed E-state index contributed by atoms with van der Waals surface area (Å²) < 4.78 is 2.01. The van der Waals surface area contributed by atoms with E-state index in [0.29, 0.717) is 36.2 Å². The summed E-state index contributed by atoms with van der Waals surface area (Å²) in [4.78, 5) is 40.7. The van der Waals surface area contributed by atoms with E-state index in [1.807, 2.05) is 46.7 Å². The van der Waals surface area contributed by atoms with E-state index >= 15 is 0 Å². The molecule has 1 aromatic carbocycles. The van der Waals surface area contributed by atoms with Gasteiger partial charge in [0.1, 0.15) is 28.7 Å².